The number of esters is 1. The fourth-order valence-electron chi connectivity index (χ4n) is 3.32. The van der Waals surface area contributed by atoms with Crippen molar-refractivity contribution >= 4 is 39.5 Å². The summed E-state index contributed by atoms with van der Waals surface area (Å²) in [6.45, 7) is 1.39. The van der Waals surface area contributed by atoms with E-state index in [-0.39, 0.29) is 22.1 Å². The molecule has 3 aromatic rings. The Morgan fingerprint density at radius 1 is 0.921 bits per heavy atom. The van der Waals surface area contributed by atoms with Crippen molar-refractivity contribution in [1.29, 1.82) is 0 Å². The molecule has 202 valence electrons. The Morgan fingerprint density at radius 2 is 1.58 bits per heavy atom. The number of nitrogens with one attached hydrogen (secondary N) is 1. The number of halogens is 6. The van der Waals surface area contributed by atoms with Gasteiger partial charge < -0.3 is 4.74 Å². The molecule has 1 N–H and O–H groups in total. The molecule has 0 fully saturated rings. The van der Waals surface area contributed by atoms with Crippen LogP contribution in [0.15, 0.2) is 87.5 Å². The van der Waals surface area contributed by atoms with Crippen molar-refractivity contribution in [2.75, 3.05) is 11.3 Å². The Balaban J connectivity index is 2.04. The van der Waals surface area contributed by atoms with E-state index in [1.165, 1.54) is 55.5 Å². The highest BCUT2D eigenvalue weighted by Crippen LogP contribution is 2.48. The highest BCUT2D eigenvalue weighted by molar-refractivity contribution is 7.99. The molecule has 0 aromatic heterocycles. The summed E-state index contributed by atoms with van der Waals surface area (Å²) in [6.07, 6.45) is -9.59. The maximum atomic E-state index is 14.0. The van der Waals surface area contributed by atoms with E-state index < -0.39 is 49.9 Å². The average Bonchev–Trinajstić information content (AvgIpc) is 2.82. The molecule has 0 unspecified atom stereocenters. The summed E-state index contributed by atoms with van der Waals surface area (Å²) in [4.78, 5) is 10.8. The van der Waals surface area contributed by atoms with E-state index in [0.29, 0.717) is 23.9 Å². The minimum atomic E-state index is -5.41. The summed E-state index contributed by atoms with van der Waals surface area (Å²) >= 11 is 0.378. The number of hydrogen-bond donors (Lipinski definition) is 1. The van der Waals surface area contributed by atoms with E-state index in [1.807, 2.05) is 0 Å². The average molecular weight is 576 g/mol. The Morgan fingerprint density at radius 3 is 2.18 bits per heavy atom. The first kappa shape index (κ1) is 29.1. The molecule has 0 radical (unpaired) electrons. The van der Waals surface area contributed by atoms with Crippen LogP contribution in [0.5, 0.6) is 0 Å². The van der Waals surface area contributed by atoms with Crippen LogP contribution in [0.1, 0.15) is 23.6 Å². The third-order valence-electron chi connectivity index (χ3n) is 4.82. The molecule has 0 amide bonds. The first-order valence-electron chi connectivity index (χ1n) is 10.7. The van der Waals surface area contributed by atoms with Gasteiger partial charge in [-0.3, -0.25) is 4.72 Å². The lowest BCUT2D eigenvalue weighted by Crippen LogP contribution is -2.19. The predicted molar refractivity (Wildman–Crippen MR) is 130 cm³/mol. The number of carbonyl (C=O) groups excluding carboxylic acids is 1. The monoisotopic (exact) mass is 575 g/mol. The first-order chi connectivity index (χ1) is 17.7. The summed E-state index contributed by atoms with van der Waals surface area (Å²) in [5, 5.41) is 0. The van der Waals surface area contributed by atoms with E-state index in [2.05, 4.69) is 9.46 Å². The lowest BCUT2D eigenvalue weighted by Gasteiger charge is -2.21. The zero-order valence-electron chi connectivity index (χ0n) is 19.4. The molecule has 13 heteroatoms. The number of sulfonamides is 1. The van der Waals surface area contributed by atoms with Crippen molar-refractivity contribution in [2.24, 2.45) is 0 Å². The fourth-order valence-corrected chi connectivity index (χ4v) is 5.44. The molecule has 0 spiro atoms. The largest absolute Gasteiger partial charge is 0.463 e. The quantitative estimate of drug-likeness (QED) is 0.174. The normalized spacial score (nSPS) is 12.5. The van der Waals surface area contributed by atoms with Crippen molar-refractivity contribution in [3.8, 4) is 0 Å². The van der Waals surface area contributed by atoms with Crippen molar-refractivity contribution in [3.05, 3.63) is 89.5 Å². The van der Waals surface area contributed by atoms with Gasteiger partial charge in [0.2, 0.25) is 0 Å². The third kappa shape index (κ3) is 7.32. The van der Waals surface area contributed by atoms with Crippen molar-refractivity contribution in [2.45, 2.75) is 34.0 Å². The van der Waals surface area contributed by atoms with Crippen LogP contribution in [0.4, 0.5) is 32.0 Å². The van der Waals surface area contributed by atoms with E-state index in [4.69, 9.17) is 0 Å². The van der Waals surface area contributed by atoms with Gasteiger partial charge in [-0.25, -0.2) is 13.2 Å². The second-order valence-corrected chi connectivity index (χ2v) is 10.3. The van der Waals surface area contributed by atoms with Gasteiger partial charge in [0, 0.05) is 21.6 Å². The minimum absolute atomic E-state index is 0.00236. The van der Waals surface area contributed by atoms with Gasteiger partial charge in [0.15, 0.2) is 0 Å². The zero-order chi connectivity index (χ0) is 28.1. The molecule has 0 aliphatic carbocycles. The summed E-state index contributed by atoms with van der Waals surface area (Å²) in [6, 6.07) is 14.2. The molecule has 5 nitrogen and oxygen atoms in total. The van der Waals surface area contributed by atoms with E-state index in [1.54, 1.807) is 6.07 Å². The Labute approximate surface area is 218 Å². The number of hydrogen-bond acceptors (Lipinski definition) is 5. The summed E-state index contributed by atoms with van der Waals surface area (Å²) in [5.41, 5.74) is -4.77. The molecule has 38 heavy (non-hydrogen) atoms. The summed E-state index contributed by atoms with van der Waals surface area (Å²) in [7, 11) is -4.02. The highest BCUT2D eigenvalue weighted by Gasteiger charge is 2.46. The van der Waals surface area contributed by atoms with Crippen molar-refractivity contribution < 1.29 is 44.3 Å². The predicted octanol–water partition coefficient (Wildman–Crippen LogP) is 7.25. The van der Waals surface area contributed by atoms with Gasteiger partial charge in [-0.05, 0) is 55.0 Å². The van der Waals surface area contributed by atoms with Crippen LogP contribution in [0.25, 0.3) is 6.08 Å². The number of anilines is 1. The maximum Gasteiger partial charge on any atom is 0.418 e. The van der Waals surface area contributed by atoms with Crippen LogP contribution < -0.4 is 4.72 Å². The fraction of sp³-hybridized carbons (Fsp3) is 0.160. The molecule has 0 saturated carbocycles. The van der Waals surface area contributed by atoms with Crippen LogP contribution in [-0.2, 0) is 31.9 Å². The zero-order valence-corrected chi connectivity index (χ0v) is 21.1. The van der Waals surface area contributed by atoms with Gasteiger partial charge in [0.05, 0.1) is 22.6 Å². The van der Waals surface area contributed by atoms with Crippen LogP contribution >= 0.6 is 11.8 Å². The first-order valence-corrected chi connectivity index (χ1v) is 13.0. The second kappa shape index (κ2) is 11.5. The lowest BCUT2D eigenvalue weighted by molar-refractivity contribution is -0.163. The molecular formula is C25H19F6NO4S2. The number of alkyl halides is 6. The molecule has 0 heterocycles. The number of ether oxygens (including phenoxy) is 1. The smallest absolute Gasteiger partial charge is 0.418 e. The van der Waals surface area contributed by atoms with Gasteiger partial charge in [0.25, 0.3) is 10.0 Å². The van der Waals surface area contributed by atoms with Crippen LogP contribution in [0.3, 0.4) is 0 Å². The van der Waals surface area contributed by atoms with Gasteiger partial charge in [-0.15, -0.1) is 0 Å². The number of benzene rings is 3. The summed E-state index contributed by atoms with van der Waals surface area (Å²) < 4.78 is 116. The highest BCUT2D eigenvalue weighted by atomic mass is 32.2. The van der Waals surface area contributed by atoms with E-state index in [0.717, 1.165) is 12.1 Å². The van der Waals surface area contributed by atoms with Crippen LogP contribution in [0.2, 0.25) is 0 Å². The van der Waals surface area contributed by atoms with E-state index in [9.17, 15) is 39.6 Å². The summed E-state index contributed by atoms with van der Waals surface area (Å²) in [5.74, 6) is -1.01. The van der Waals surface area contributed by atoms with Gasteiger partial charge >= 0.3 is 18.3 Å². The lowest BCUT2D eigenvalue weighted by atomic mass is 9.99. The molecule has 0 aliphatic rings. The van der Waals surface area contributed by atoms with E-state index >= 15 is 0 Å². The molecular weight excluding hydrogens is 556 g/mol. The molecule has 3 aromatic carbocycles. The SMILES string of the molecule is CCOC(=O)C=Cc1ccc(Sc2cccc(NS(=O)(=O)c3ccccc3)c2)c(C(F)(F)F)c1C(F)(F)F. The second-order valence-electron chi connectivity index (χ2n) is 7.53. The van der Waals surface area contributed by atoms with Crippen LogP contribution in [-0.4, -0.2) is 21.0 Å². The Bertz CT molecular complexity index is 1440. The number of carbonyl (C=O) groups is 1. The standard InChI is InChI=1S/C25H19F6NO4S2/c1-2-36-21(33)14-12-16-11-13-20(23(25(29,30)31)22(16)24(26,27)28)37-18-8-6-7-17(15-18)32-38(34,35)19-9-4-3-5-10-19/h3-15,32H,2H2,1H3. The molecule has 3 rings (SSSR count). The third-order valence-corrected chi connectivity index (χ3v) is 7.27. The maximum absolute atomic E-state index is 14.0. The minimum Gasteiger partial charge on any atom is -0.463 e. The number of rotatable bonds is 8. The molecule has 0 aliphatic heterocycles. The van der Waals surface area contributed by atoms with Gasteiger partial charge in [-0.1, -0.05) is 42.1 Å². The van der Waals surface area contributed by atoms with Gasteiger partial charge in [0.1, 0.15) is 0 Å². The Hall–Kier alpha value is -3.45. The molecule has 0 atom stereocenters. The van der Waals surface area contributed by atoms with Crippen molar-refractivity contribution in [1.82, 2.24) is 0 Å². The van der Waals surface area contributed by atoms with Crippen molar-refractivity contribution in [3.63, 3.8) is 0 Å². The Kier molecular flexibility index (Phi) is 8.82. The van der Waals surface area contributed by atoms with Crippen LogP contribution in [0, 0.1) is 0 Å². The molecule has 0 bridgehead atoms. The van der Waals surface area contributed by atoms with Gasteiger partial charge in [-0.2, -0.15) is 26.3 Å². The molecule has 0 saturated heterocycles. The topological polar surface area (TPSA) is 72.5 Å².